The molecule has 4 heteroatoms. The van der Waals surface area contributed by atoms with Gasteiger partial charge in [0.2, 0.25) is 0 Å². The van der Waals surface area contributed by atoms with Crippen LogP contribution in [0.25, 0.3) is 0 Å². The zero-order valence-electron chi connectivity index (χ0n) is 9.39. The minimum Gasteiger partial charge on any atom is -0.508 e. The first kappa shape index (κ1) is 11.7. The van der Waals surface area contributed by atoms with Crippen LogP contribution in [0, 0.1) is 0 Å². The topological polar surface area (TPSA) is 45.2 Å². The second-order valence-corrected chi connectivity index (χ2v) is 4.22. The van der Waals surface area contributed by atoms with Crippen LogP contribution in [0.5, 0.6) is 5.75 Å². The van der Waals surface area contributed by atoms with Crippen LogP contribution in [0.2, 0.25) is 5.15 Å². The minimum absolute atomic E-state index is 0.0880. The van der Waals surface area contributed by atoms with Crippen LogP contribution in [0.4, 0.5) is 5.69 Å². The number of anilines is 1. The number of hydrogen-bond acceptors (Lipinski definition) is 3. The number of halogens is 1. The molecule has 0 aliphatic rings. The number of benzene rings is 1. The van der Waals surface area contributed by atoms with Crippen LogP contribution in [0.1, 0.15) is 18.5 Å². The molecular weight excluding hydrogens is 236 g/mol. The molecule has 1 heterocycles. The van der Waals surface area contributed by atoms with Crippen molar-refractivity contribution < 1.29 is 5.11 Å². The van der Waals surface area contributed by atoms with Crippen molar-refractivity contribution in [2.75, 3.05) is 5.32 Å². The van der Waals surface area contributed by atoms with Gasteiger partial charge in [0, 0.05) is 6.04 Å². The van der Waals surface area contributed by atoms with E-state index in [1.54, 1.807) is 24.4 Å². The Morgan fingerprint density at radius 1 is 1.29 bits per heavy atom. The summed E-state index contributed by atoms with van der Waals surface area (Å²) in [5, 5.41) is 13.2. The molecule has 0 saturated heterocycles. The van der Waals surface area contributed by atoms with E-state index in [1.807, 2.05) is 25.1 Å². The minimum atomic E-state index is 0.0880. The van der Waals surface area contributed by atoms with Crippen molar-refractivity contribution in [2.45, 2.75) is 13.0 Å². The second kappa shape index (κ2) is 5.06. The van der Waals surface area contributed by atoms with Crippen LogP contribution in [0.15, 0.2) is 42.6 Å². The van der Waals surface area contributed by atoms with Gasteiger partial charge in [-0.05, 0) is 36.8 Å². The molecule has 1 atom stereocenters. The second-order valence-electron chi connectivity index (χ2n) is 3.83. The molecule has 3 nitrogen and oxygen atoms in total. The highest BCUT2D eigenvalue weighted by atomic mass is 35.5. The Morgan fingerprint density at radius 3 is 2.76 bits per heavy atom. The summed E-state index contributed by atoms with van der Waals surface area (Å²) in [6.45, 7) is 2.02. The first-order valence-electron chi connectivity index (χ1n) is 5.32. The molecule has 1 aromatic carbocycles. The van der Waals surface area contributed by atoms with E-state index in [0.29, 0.717) is 5.15 Å². The van der Waals surface area contributed by atoms with E-state index in [0.717, 1.165) is 11.3 Å². The monoisotopic (exact) mass is 248 g/mol. The average molecular weight is 249 g/mol. The molecule has 0 aliphatic heterocycles. The number of aromatic hydroxyl groups is 1. The van der Waals surface area contributed by atoms with Gasteiger partial charge in [0.15, 0.2) is 0 Å². The predicted octanol–water partition coefficient (Wildman–Crippen LogP) is 3.61. The Bertz CT molecular complexity index is 499. The standard InChI is InChI=1S/C13H13ClN2O/c1-9(10-3-2-4-12(17)7-10)16-11-5-6-13(14)15-8-11/h2-9,16-17H,1H3. The first-order valence-corrected chi connectivity index (χ1v) is 5.70. The lowest BCUT2D eigenvalue weighted by Gasteiger charge is -2.15. The van der Waals surface area contributed by atoms with Gasteiger partial charge < -0.3 is 10.4 Å². The van der Waals surface area contributed by atoms with E-state index >= 15 is 0 Å². The summed E-state index contributed by atoms with van der Waals surface area (Å²) >= 11 is 5.71. The third-order valence-electron chi connectivity index (χ3n) is 2.48. The van der Waals surface area contributed by atoms with Gasteiger partial charge in [0.1, 0.15) is 10.9 Å². The molecule has 0 fully saturated rings. The van der Waals surface area contributed by atoms with E-state index < -0.39 is 0 Å². The summed E-state index contributed by atoms with van der Waals surface area (Å²) in [5.74, 6) is 0.269. The Balaban J connectivity index is 2.11. The summed E-state index contributed by atoms with van der Waals surface area (Å²) in [7, 11) is 0. The fourth-order valence-electron chi connectivity index (χ4n) is 1.59. The third kappa shape index (κ3) is 3.11. The largest absolute Gasteiger partial charge is 0.508 e. The molecule has 1 aromatic heterocycles. The molecule has 1 unspecified atom stereocenters. The van der Waals surface area contributed by atoms with Crippen molar-refractivity contribution >= 4 is 17.3 Å². The van der Waals surface area contributed by atoms with Crippen molar-refractivity contribution in [2.24, 2.45) is 0 Å². The van der Waals surface area contributed by atoms with E-state index in [1.165, 1.54) is 0 Å². The van der Waals surface area contributed by atoms with Crippen molar-refractivity contribution in [3.05, 3.63) is 53.3 Å². The number of phenolic OH excluding ortho intramolecular Hbond substituents is 1. The van der Waals surface area contributed by atoms with E-state index in [9.17, 15) is 5.11 Å². The molecule has 0 radical (unpaired) electrons. The molecule has 0 saturated carbocycles. The molecule has 2 rings (SSSR count). The smallest absolute Gasteiger partial charge is 0.129 e. The lowest BCUT2D eigenvalue weighted by Crippen LogP contribution is -2.06. The van der Waals surface area contributed by atoms with Gasteiger partial charge in [0.25, 0.3) is 0 Å². The van der Waals surface area contributed by atoms with Crippen LogP contribution in [-0.4, -0.2) is 10.1 Å². The molecule has 0 amide bonds. The Kier molecular flexibility index (Phi) is 3.49. The van der Waals surface area contributed by atoms with Crippen LogP contribution in [-0.2, 0) is 0 Å². The number of nitrogens with zero attached hydrogens (tertiary/aromatic N) is 1. The van der Waals surface area contributed by atoms with E-state index in [2.05, 4.69) is 10.3 Å². The maximum Gasteiger partial charge on any atom is 0.129 e. The Hall–Kier alpha value is -1.74. The SMILES string of the molecule is CC(Nc1ccc(Cl)nc1)c1cccc(O)c1. The maximum absolute atomic E-state index is 9.41. The van der Waals surface area contributed by atoms with Crippen LogP contribution >= 0.6 is 11.6 Å². The maximum atomic E-state index is 9.41. The van der Waals surface area contributed by atoms with Crippen molar-refractivity contribution in [1.29, 1.82) is 0 Å². The van der Waals surface area contributed by atoms with Crippen molar-refractivity contribution in [1.82, 2.24) is 4.98 Å². The highest BCUT2D eigenvalue weighted by molar-refractivity contribution is 6.29. The highest BCUT2D eigenvalue weighted by Gasteiger charge is 2.05. The van der Waals surface area contributed by atoms with Gasteiger partial charge in [-0.25, -0.2) is 4.98 Å². The van der Waals surface area contributed by atoms with Crippen molar-refractivity contribution in [3.63, 3.8) is 0 Å². The fourth-order valence-corrected chi connectivity index (χ4v) is 1.70. The van der Waals surface area contributed by atoms with Gasteiger partial charge in [-0.15, -0.1) is 0 Å². The molecular formula is C13H13ClN2O. The van der Waals surface area contributed by atoms with Gasteiger partial charge in [-0.1, -0.05) is 23.7 Å². The lowest BCUT2D eigenvalue weighted by atomic mass is 10.1. The average Bonchev–Trinajstić information content (AvgIpc) is 2.32. The van der Waals surface area contributed by atoms with Gasteiger partial charge >= 0.3 is 0 Å². The van der Waals surface area contributed by atoms with Crippen LogP contribution < -0.4 is 5.32 Å². The number of nitrogens with one attached hydrogen (secondary N) is 1. The summed E-state index contributed by atoms with van der Waals surface area (Å²) in [6, 6.07) is 10.9. The van der Waals surface area contributed by atoms with E-state index in [4.69, 9.17) is 11.6 Å². The summed E-state index contributed by atoms with van der Waals surface area (Å²) in [4.78, 5) is 4.00. The number of rotatable bonds is 3. The molecule has 2 aromatic rings. The van der Waals surface area contributed by atoms with Gasteiger partial charge in [-0.2, -0.15) is 0 Å². The summed E-state index contributed by atoms with van der Waals surface area (Å²) < 4.78 is 0. The Morgan fingerprint density at radius 2 is 2.12 bits per heavy atom. The zero-order valence-corrected chi connectivity index (χ0v) is 10.1. The molecule has 0 spiro atoms. The number of phenols is 1. The summed E-state index contributed by atoms with van der Waals surface area (Å²) in [5.41, 5.74) is 1.91. The third-order valence-corrected chi connectivity index (χ3v) is 2.70. The van der Waals surface area contributed by atoms with Crippen molar-refractivity contribution in [3.8, 4) is 5.75 Å². The number of aromatic nitrogens is 1. The predicted molar refractivity (Wildman–Crippen MR) is 69.4 cm³/mol. The first-order chi connectivity index (χ1) is 8.15. The zero-order chi connectivity index (χ0) is 12.3. The quantitative estimate of drug-likeness (QED) is 0.816. The van der Waals surface area contributed by atoms with Gasteiger partial charge in [-0.3, -0.25) is 0 Å². The highest BCUT2D eigenvalue weighted by Crippen LogP contribution is 2.22. The molecule has 2 N–H and O–H groups in total. The van der Waals surface area contributed by atoms with Gasteiger partial charge in [0.05, 0.1) is 11.9 Å². The lowest BCUT2D eigenvalue weighted by molar-refractivity contribution is 0.474. The summed E-state index contributed by atoms with van der Waals surface area (Å²) in [6.07, 6.45) is 1.68. The number of hydrogen-bond donors (Lipinski definition) is 2. The fraction of sp³-hybridized carbons (Fsp3) is 0.154. The van der Waals surface area contributed by atoms with Crippen LogP contribution in [0.3, 0.4) is 0 Å². The molecule has 88 valence electrons. The number of pyridine rings is 1. The Labute approximate surface area is 105 Å². The molecule has 0 bridgehead atoms. The normalized spacial score (nSPS) is 12.1. The molecule has 0 aliphatic carbocycles. The van der Waals surface area contributed by atoms with E-state index in [-0.39, 0.29) is 11.8 Å². The molecule has 17 heavy (non-hydrogen) atoms.